The number of hydrogen-bond acceptors (Lipinski definition) is 1. The van der Waals surface area contributed by atoms with Crippen molar-refractivity contribution in [2.75, 3.05) is 0 Å². The van der Waals surface area contributed by atoms with Crippen molar-refractivity contribution in [3.8, 4) is 11.2 Å². The molecule has 0 fully saturated rings. The molecule has 1 nitrogen and oxygen atoms in total. The zero-order chi connectivity index (χ0) is 10.4. The Kier molecular flexibility index (Phi) is 4.58. The highest BCUT2D eigenvalue weighted by atomic mass is 32.2. The molecule has 0 spiro atoms. The Morgan fingerprint density at radius 1 is 1.29 bits per heavy atom. The molecular formula is C12H14OS. The van der Waals surface area contributed by atoms with E-state index < -0.39 is 11.2 Å². The number of unbranched alkanes of at least 4 members (excludes halogenated alkanes) is 1. The third-order valence-corrected chi connectivity index (χ3v) is 2.80. The van der Waals surface area contributed by atoms with Crippen molar-refractivity contribution in [3.63, 3.8) is 0 Å². The van der Waals surface area contributed by atoms with Crippen molar-refractivity contribution < 1.29 is 4.55 Å². The molecule has 0 saturated heterocycles. The van der Waals surface area contributed by atoms with Crippen molar-refractivity contribution in [1.82, 2.24) is 0 Å². The van der Waals surface area contributed by atoms with E-state index >= 15 is 0 Å². The molecule has 2 heteroatoms. The van der Waals surface area contributed by atoms with Crippen LogP contribution in [-0.2, 0) is 11.2 Å². The molecule has 0 saturated carbocycles. The summed E-state index contributed by atoms with van der Waals surface area (Å²) >= 11 is -1.15. The van der Waals surface area contributed by atoms with Crippen LogP contribution in [0.1, 0.15) is 25.3 Å². The van der Waals surface area contributed by atoms with Crippen LogP contribution >= 0.6 is 0 Å². The summed E-state index contributed by atoms with van der Waals surface area (Å²) in [5.74, 6) is 2.90. The molecule has 1 aromatic carbocycles. The maximum absolute atomic E-state index is 11.6. The SMILES string of the molecule is CCCC#C[S+]([O-])c1ccc(C)cc1. The summed E-state index contributed by atoms with van der Waals surface area (Å²) in [7, 11) is 0. The molecule has 0 amide bonds. The standard InChI is InChI=1S/C12H14OS/c1-3-4-5-10-14(13)12-8-6-11(2)7-9-12/h6-9H,3-4H2,1-2H3. The van der Waals surface area contributed by atoms with Gasteiger partial charge >= 0.3 is 0 Å². The number of benzene rings is 1. The summed E-state index contributed by atoms with van der Waals surface area (Å²) in [5.41, 5.74) is 1.17. The van der Waals surface area contributed by atoms with Gasteiger partial charge in [0.15, 0.2) is 10.1 Å². The van der Waals surface area contributed by atoms with E-state index in [4.69, 9.17) is 0 Å². The Morgan fingerprint density at radius 2 is 1.93 bits per heavy atom. The van der Waals surface area contributed by atoms with Gasteiger partial charge in [-0.2, -0.15) is 0 Å². The summed E-state index contributed by atoms with van der Waals surface area (Å²) in [6.45, 7) is 4.07. The van der Waals surface area contributed by atoms with Crippen LogP contribution in [0, 0.1) is 18.1 Å². The van der Waals surface area contributed by atoms with Gasteiger partial charge in [0.05, 0.1) is 11.2 Å². The molecule has 0 heterocycles. The Labute approximate surface area is 88.7 Å². The van der Waals surface area contributed by atoms with Crippen molar-refractivity contribution in [1.29, 1.82) is 0 Å². The minimum absolute atomic E-state index is 0.791. The molecular weight excluding hydrogens is 192 g/mol. The summed E-state index contributed by atoms with van der Waals surface area (Å²) in [5, 5.41) is 2.74. The molecule has 1 atom stereocenters. The fraction of sp³-hybridized carbons (Fsp3) is 0.333. The molecule has 1 aromatic rings. The minimum Gasteiger partial charge on any atom is -0.599 e. The first kappa shape index (κ1) is 11.2. The van der Waals surface area contributed by atoms with Crippen LogP contribution in [0.2, 0.25) is 0 Å². The van der Waals surface area contributed by atoms with E-state index in [1.807, 2.05) is 31.2 Å². The molecule has 74 valence electrons. The maximum atomic E-state index is 11.6. The third-order valence-electron chi connectivity index (χ3n) is 1.77. The maximum Gasteiger partial charge on any atom is 0.167 e. The Hall–Kier alpha value is -0.910. The summed E-state index contributed by atoms with van der Waals surface area (Å²) in [6.07, 6.45) is 1.83. The number of rotatable bonds is 2. The van der Waals surface area contributed by atoms with Gasteiger partial charge in [0.2, 0.25) is 0 Å². The van der Waals surface area contributed by atoms with E-state index in [-0.39, 0.29) is 0 Å². The summed E-state index contributed by atoms with van der Waals surface area (Å²) in [6, 6.07) is 7.64. The van der Waals surface area contributed by atoms with Gasteiger partial charge in [0.25, 0.3) is 0 Å². The molecule has 0 aliphatic heterocycles. The molecule has 1 rings (SSSR count). The normalized spacial score (nSPS) is 11.6. The Balaban J connectivity index is 2.66. The van der Waals surface area contributed by atoms with Gasteiger partial charge in [-0.3, -0.25) is 0 Å². The lowest BCUT2D eigenvalue weighted by Crippen LogP contribution is -1.96. The third kappa shape index (κ3) is 3.45. The number of hydrogen-bond donors (Lipinski definition) is 0. The minimum atomic E-state index is -1.15. The van der Waals surface area contributed by atoms with E-state index in [1.54, 1.807) is 0 Å². The molecule has 0 aliphatic carbocycles. The Bertz CT molecular complexity index is 332. The van der Waals surface area contributed by atoms with E-state index in [0.29, 0.717) is 0 Å². The second kappa shape index (κ2) is 5.74. The van der Waals surface area contributed by atoms with E-state index in [9.17, 15) is 4.55 Å². The van der Waals surface area contributed by atoms with Crippen LogP contribution in [0.15, 0.2) is 29.2 Å². The van der Waals surface area contributed by atoms with Gasteiger partial charge in [-0.05, 0) is 31.4 Å². The lowest BCUT2D eigenvalue weighted by Gasteiger charge is -2.00. The van der Waals surface area contributed by atoms with Gasteiger partial charge in [0, 0.05) is 6.42 Å². The molecule has 0 bridgehead atoms. The zero-order valence-electron chi connectivity index (χ0n) is 8.54. The number of aryl methyl sites for hydroxylation is 1. The largest absolute Gasteiger partial charge is 0.599 e. The quantitative estimate of drug-likeness (QED) is 0.539. The van der Waals surface area contributed by atoms with Crippen molar-refractivity contribution in [2.24, 2.45) is 0 Å². The monoisotopic (exact) mass is 206 g/mol. The average molecular weight is 206 g/mol. The van der Waals surface area contributed by atoms with Crippen molar-refractivity contribution in [3.05, 3.63) is 29.8 Å². The van der Waals surface area contributed by atoms with Gasteiger partial charge in [-0.1, -0.05) is 24.6 Å². The Morgan fingerprint density at radius 3 is 2.50 bits per heavy atom. The summed E-state index contributed by atoms with van der Waals surface area (Å²) in [4.78, 5) is 0.791. The van der Waals surface area contributed by atoms with Crippen LogP contribution < -0.4 is 0 Å². The van der Waals surface area contributed by atoms with E-state index in [0.717, 1.165) is 17.7 Å². The zero-order valence-corrected chi connectivity index (χ0v) is 9.36. The van der Waals surface area contributed by atoms with Gasteiger partial charge in [-0.15, -0.1) is 0 Å². The first-order chi connectivity index (χ1) is 6.74. The summed E-state index contributed by atoms with van der Waals surface area (Å²) < 4.78 is 11.6. The highest BCUT2D eigenvalue weighted by Gasteiger charge is 2.06. The first-order valence-corrected chi connectivity index (χ1v) is 5.86. The lowest BCUT2D eigenvalue weighted by atomic mass is 10.2. The molecule has 14 heavy (non-hydrogen) atoms. The van der Waals surface area contributed by atoms with Gasteiger partial charge < -0.3 is 4.55 Å². The van der Waals surface area contributed by atoms with Gasteiger partial charge in [0.1, 0.15) is 0 Å². The highest BCUT2D eigenvalue weighted by Crippen LogP contribution is 2.10. The van der Waals surface area contributed by atoms with Gasteiger partial charge in [-0.25, -0.2) is 0 Å². The first-order valence-electron chi connectivity index (χ1n) is 4.71. The highest BCUT2D eigenvalue weighted by molar-refractivity contribution is 7.96. The fourth-order valence-corrected chi connectivity index (χ4v) is 1.70. The van der Waals surface area contributed by atoms with Crippen molar-refractivity contribution in [2.45, 2.75) is 31.6 Å². The molecule has 0 radical (unpaired) electrons. The van der Waals surface area contributed by atoms with Crippen LogP contribution in [-0.4, -0.2) is 4.55 Å². The van der Waals surface area contributed by atoms with Crippen LogP contribution in [0.4, 0.5) is 0 Å². The topological polar surface area (TPSA) is 23.1 Å². The average Bonchev–Trinajstić information content (AvgIpc) is 2.19. The second-order valence-corrected chi connectivity index (χ2v) is 4.32. The molecule has 0 aliphatic rings. The molecule has 0 aromatic heterocycles. The smallest absolute Gasteiger partial charge is 0.167 e. The van der Waals surface area contributed by atoms with E-state index in [2.05, 4.69) is 18.1 Å². The van der Waals surface area contributed by atoms with Crippen LogP contribution in [0.5, 0.6) is 0 Å². The lowest BCUT2D eigenvalue weighted by molar-refractivity contribution is 0.605. The van der Waals surface area contributed by atoms with E-state index in [1.165, 1.54) is 5.56 Å². The predicted molar refractivity (Wildman–Crippen MR) is 60.3 cm³/mol. The molecule has 1 unspecified atom stereocenters. The van der Waals surface area contributed by atoms with Crippen LogP contribution in [0.3, 0.4) is 0 Å². The molecule has 0 N–H and O–H groups in total. The fourth-order valence-electron chi connectivity index (χ4n) is 0.962. The van der Waals surface area contributed by atoms with Crippen LogP contribution in [0.25, 0.3) is 0 Å². The predicted octanol–water partition coefficient (Wildman–Crippen LogP) is 2.86. The van der Waals surface area contributed by atoms with Crippen molar-refractivity contribution >= 4 is 11.2 Å². The second-order valence-electron chi connectivity index (χ2n) is 3.11.